The van der Waals surface area contributed by atoms with Gasteiger partial charge in [-0.05, 0) is 24.6 Å². The van der Waals surface area contributed by atoms with Crippen molar-refractivity contribution in [2.75, 3.05) is 0 Å². The van der Waals surface area contributed by atoms with Gasteiger partial charge in [0.25, 0.3) is 0 Å². The van der Waals surface area contributed by atoms with Crippen LogP contribution in [0.1, 0.15) is 18.6 Å². The van der Waals surface area contributed by atoms with E-state index < -0.39 is 6.10 Å². The molecule has 0 saturated heterocycles. The maximum Gasteiger partial charge on any atom is 0.165 e. The van der Waals surface area contributed by atoms with E-state index in [1.54, 1.807) is 24.0 Å². The average molecular weight is 218 g/mol. The fraction of sp³-hybridized carbons (Fsp3) is 0.250. The summed E-state index contributed by atoms with van der Waals surface area (Å²) in [5.41, 5.74) is 0.874. The maximum atomic E-state index is 9.35. The summed E-state index contributed by atoms with van der Waals surface area (Å²) in [4.78, 5) is 0. The number of benzene rings is 1. The van der Waals surface area contributed by atoms with Gasteiger partial charge in [0, 0.05) is 7.05 Å². The molecule has 1 aromatic heterocycles. The average Bonchev–Trinajstić information content (AvgIpc) is 2.65. The summed E-state index contributed by atoms with van der Waals surface area (Å²) >= 11 is 0. The smallest absolute Gasteiger partial charge is 0.165 e. The van der Waals surface area contributed by atoms with Crippen molar-refractivity contribution >= 4 is 0 Å². The van der Waals surface area contributed by atoms with Crippen LogP contribution in [0.3, 0.4) is 0 Å². The molecule has 0 aliphatic rings. The zero-order chi connectivity index (χ0) is 11.5. The van der Waals surface area contributed by atoms with Crippen molar-refractivity contribution in [2.45, 2.75) is 13.0 Å². The van der Waals surface area contributed by atoms with Gasteiger partial charge in [-0.1, -0.05) is 12.1 Å². The predicted molar refractivity (Wildman–Crippen MR) is 60.4 cm³/mol. The minimum absolute atomic E-state index is 0.451. The summed E-state index contributed by atoms with van der Waals surface area (Å²) in [5, 5.41) is 13.4. The number of aryl methyl sites for hydroxylation is 1. The van der Waals surface area contributed by atoms with Crippen LogP contribution >= 0.6 is 0 Å². The molecule has 0 aliphatic heterocycles. The highest BCUT2D eigenvalue weighted by Crippen LogP contribution is 2.22. The zero-order valence-electron chi connectivity index (χ0n) is 9.29. The van der Waals surface area contributed by atoms with Crippen LogP contribution in [0.15, 0.2) is 36.7 Å². The molecule has 4 nitrogen and oxygen atoms in total. The largest absolute Gasteiger partial charge is 0.454 e. The quantitative estimate of drug-likeness (QED) is 0.859. The Bertz CT molecular complexity index is 460. The minimum atomic E-state index is -0.451. The summed E-state index contributed by atoms with van der Waals surface area (Å²) in [7, 11) is 1.84. The van der Waals surface area contributed by atoms with Gasteiger partial charge in [-0.25, -0.2) is 0 Å². The highest BCUT2D eigenvalue weighted by Gasteiger charge is 2.02. The number of hydrogen-bond donors (Lipinski definition) is 1. The van der Waals surface area contributed by atoms with Crippen LogP contribution in [-0.2, 0) is 7.05 Å². The van der Waals surface area contributed by atoms with E-state index in [0.29, 0.717) is 5.75 Å². The monoisotopic (exact) mass is 218 g/mol. The van der Waals surface area contributed by atoms with E-state index >= 15 is 0 Å². The topological polar surface area (TPSA) is 47.3 Å². The molecule has 0 radical (unpaired) electrons. The second kappa shape index (κ2) is 4.37. The van der Waals surface area contributed by atoms with E-state index in [1.807, 2.05) is 31.3 Å². The van der Waals surface area contributed by atoms with Gasteiger partial charge in [-0.15, -0.1) is 0 Å². The summed E-state index contributed by atoms with van der Waals surface area (Å²) in [6, 6.07) is 7.34. The van der Waals surface area contributed by atoms with Crippen LogP contribution in [0.5, 0.6) is 11.5 Å². The molecule has 0 bridgehead atoms. The number of aromatic nitrogens is 2. The Morgan fingerprint density at radius 3 is 2.44 bits per heavy atom. The molecule has 1 N–H and O–H groups in total. The predicted octanol–water partition coefficient (Wildman–Crippen LogP) is 2.27. The van der Waals surface area contributed by atoms with Crippen molar-refractivity contribution in [3.05, 3.63) is 42.2 Å². The van der Waals surface area contributed by atoms with Gasteiger partial charge in [-0.3, -0.25) is 4.68 Å². The standard InChI is InChI=1S/C12H14N2O2/c1-9(15)10-3-5-11(6-4-10)16-12-7-13-14(2)8-12/h3-9,15H,1-2H3. The lowest BCUT2D eigenvalue weighted by Crippen LogP contribution is -1.90. The molecule has 1 atom stereocenters. The van der Waals surface area contributed by atoms with Gasteiger partial charge < -0.3 is 9.84 Å². The van der Waals surface area contributed by atoms with Crippen LogP contribution in [0.2, 0.25) is 0 Å². The molecular formula is C12H14N2O2. The van der Waals surface area contributed by atoms with Gasteiger partial charge in [0.2, 0.25) is 0 Å². The molecule has 2 rings (SSSR count). The van der Waals surface area contributed by atoms with Gasteiger partial charge in [0.15, 0.2) is 5.75 Å². The highest BCUT2D eigenvalue weighted by molar-refractivity contribution is 5.31. The molecule has 1 unspecified atom stereocenters. The van der Waals surface area contributed by atoms with E-state index in [9.17, 15) is 5.11 Å². The zero-order valence-corrected chi connectivity index (χ0v) is 9.29. The number of hydrogen-bond acceptors (Lipinski definition) is 3. The second-order valence-corrected chi connectivity index (χ2v) is 3.70. The van der Waals surface area contributed by atoms with Crippen LogP contribution < -0.4 is 4.74 Å². The summed E-state index contributed by atoms with van der Waals surface area (Å²) in [5.74, 6) is 1.43. The first-order valence-corrected chi connectivity index (χ1v) is 5.09. The molecular weight excluding hydrogens is 204 g/mol. The highest BCUT2D eigenvalue weighted by atomic mass is 16.5. The summed E-state index contributed by atoms with van der Waals surface area (Å²) in [6.07, 6.45) is 3.00. The molecule has 0 fully saturated rings. The van der Waals surface area contributed by atoms with Crippen molar-refractivity contribution in [2.24, 2.45) is 7.05 Å². The number of nitrogens with zero attached hydrogens (tertiary/aromatic N) is 2. The van der Waals surface area contributed by atoms with E-state index in [4.69, 9.17) is 4.74 Å². The molecule has 84 valence electrons. The molecule has 0 aliphatic carbocycles. The van der Waals surface area contributed by atoms with Crippen molar-refractivity contribution in [1.82, 2.24) is 9.78 Å². The minimum Gasteiger partial charge on any atom is -0.454 e. The fourth-order valence-electron chi connectivity index (χ4n) is 1.40. The SMILES string of the molecule is CC(O)c1ccc(Oc2cnn(C)c2)cc1. The molecule has 0 amide bonds. The van der Waals surface area contributed by atoms with Crippen LogP contribution in [0.4, 0.5) is 0 Å². The van der Waals surface area contributed by atoms with Gasteiger partial charge in [-0.2, -0.15) is 5.10 Å². The number of aliphatic hydroxyl groups excluding tert-OH is 1. The molecule has 0 spiro atoms. The first-order chi connectivity index (χ1) is 7.65. The Morgan fingerprint density at radius 2 is 1.94 bits per heavy atom. The molecule has 1 heterocycles. The third-order valence-electron chi connectivity index (χ3n) is 2.28. The Kier molecular flexibility index (Phi) is 2.92. The van der Waals surface area contributed by atoms with Crippen LogP contribution in [0.25, 0.3) is 0 Å². The Hall–Kier alpha value is -1.81. The molecule has 2 aromatic rings. The van der Waals surface area contributed by atoms with Gasteiger partial charge in [0.05, 0.1) is 18.5 Å². The third kappa shape index (κ3) is 2.41. The van der Waals surface area contributed by atoms with Crippen LogP contribution in [0, 0.1) is 0 Å². The fourth-order valence-corrected chi connectivity index (χ4v) is 1.40. The Labute approximate surface area is 94.1 Å². The van der Waals surface area contributed by atoms with Gasteiger partial charge in [0.1, 0.15) is 5.75 Å². The summed E-state index contributed by atoms with van der Waals surface area (Å²) in [6.45, 7) is 1.73. The lowest BCUT2D eigenvalue weighted by atomic mass is 10.1. The molecule has 1 aromatic carbocycles. The normalized spacial score (nSPS) is 12.4. The van der Waals surface area contributed by atoms with Crippen molar-refractivity contribution in [1.29, 1.82) is 0 Å². The lowest BCUT2D eigenvalue weighted by Gasteiger charge is -2.06. The number of rotatable bonds is 3. The lowest BCUT2D eigenvalue weighted by molar-refractivity contribution is 0.199. The van der Waals surface area contributed by atoms with Gasteiger partial charge >= 0.3 is 0 Å². The van der Waals surface area contributed by atoms with Crippen molar-refractivity contribution in [3.63, 3.8) is 0 Å². The maximum absolute atomic E-state index is 9.35. The third-order valence-corrected chi connectivity index (χ3v) is 2.28. The molecule has 16 heavy (non-hydrogen) atoms. The van der Waals surface area contributed by atoms with E-state index in [1.165, 1.54) is 0 Å². The Balaban J connectivity index is 2.11. The first-order valence-electron chi connectivity index (χ1n) is 5.09. The van der Waals surface area contributed by atoms with E-state index in [2.05, 4.69) is 5.10 Å². The molecule has 4 heteroatoms. The first kappa shape index (κ1) is 10.7. The van der Waals surface area contributed by atoms with Crippen molar-refractivity contribution < 1.29 is 9.84 Å². The van der Waals surface area contributed by atoms with Crippen LogP contribution in [-0.4, -0.2) is 14.9 Å². The molecule has 0 saturated carbocycles. The second-order valence-electron chi connectivity index (χ2n) is 3.70. The van der Waals surface area contributed by atoms with E-state index in [0.717, 1.165) is 11.3 Å². The van der Waals surface area contributed by atoms with Crippen molar-refractivity contribution in [3.8, 4) is 11.5 Å². The number of ether oxygens (including phenoxy) is 1. The number of aliphatic hydroxyl groups is 1. The van der Waals surface area contributed by atoms with E-state index in [-0.39, 0.29) is 0 Å². The summed E-state index contributed by atoms with van der Waals surface area (Å²) < 4.78 is 7.25. The Morgan fingerprint density at radius 1 is 1.25 bits per heavy atom.